The Kier molecular flexibility index (Phi) is 3.78. The van der Waals surface area contributed by atoms with Gasteiger partial charge in [-0.2, -0.15) is 5.10 Å². The zero-order valence-corrected chi connectivity index (χ0v) is 11.9. The van der Waals surface area contributed by atoms with Crippen LogP contribution >= 0.6 is 0 Å². The predicted octanol–water partition coefficient (Wildman–Crippen LogP) is 2.14. The van der Waals surface area contributed by atoms with Crippen LogP contribution in [0.1, 0.15) is 51.0 Å². The van der Waals surface area contributed by atoms with Gasteiger partial charge in [0.25, 0.3) is 0 Å². The van der Waals surface area contributed by atoms with Crippen molar-refractivity contribution in [2.45, 2.75) is 45.1 Å². The summed E-state index contributed by atoms with van der Waals surface area (Å²) in [5.74, 6) is 0.420. The molecular weight excluding hydrogens is 226 g/mol. The van der Waals surface area contributed by atoms with Gasteiger partial charge in [0.2, 0.25) is 0 Å². The summed E-state index contributed by atoms with van der Waals surface area (Å²) in [6.45, 7) is 8.10. The molecule has 1 aliphatic rings. The Morgan fingerprint density at radius 3 is 2.83 bits per heavy atom. The zero-order chi connectivity index (χ0) is 13.3. The molecule has 0 bridgehead atoms. The van der Waals surface area contributed by atoms with E-state index >= 15 is 0 Å². The molecular formula is C14H25N3O. The predicted molar refractivity (Wildman–Crippen MR) is 72.4 cm³/mol. The van der Waals surface area contributed by atoms with Crippen LogP contribution in [0, 0.1) is 5.92 Å². The summed E-state index contributed by atoms with van der Waals surface area (Å²) in [5.41, 5.74) is 8.28. The fourth-order valence-electron chi connectivity index (χ4n) is 2.73. The standard InChI is InChI=1S/C14H25N3O/c1-14(2,3)13-11(9-17(4)16-13)12-10(8-15)6-5-7-18-12/h9-10,12H,5-8,15H2,1-4H3. The second-order valence-electron chi connectivity index (χ2n) is 6.29. The molecule has 2 atom stereocenters. The Morgan fingerprint density at radius 1 is 1.50 bits per heavy atom. The number of nitrogens with zero attached hydrogens (tertiary/aromatic N) is 2. The second kappa shape index (κ2) is 5.02. The molecule has 0 radical (unpaired) electrons. The molecule has 0 aliphatic carbocycles. The van der Waals surface area contributed by atoms with E-state index in [2.05, 4.69) is 32.1 Å². The molecule has 1 aromatic heterocycles. The van der Waals surface area contributed by atoms with E-state index in [1.807, 2.05) is 11.7 Å². The van der Waals surface area contributed by atoms with Crippen LogP contribution in [-0.4, -0.2) is 22.9 Å². The van der Waals surface area contributed by atoms with Crippen LogP contribution in [0.4, 0.5) is 0 Å². The highest BCUT2D eigenvalue weighted by atomic mass is 16.5. The number of hydrogen-bond donors (Lipinski definition) is 1. The van der Waals surface area contributed by atoms with Gasteiger partial charge >= 0.3 is 0 Å². The van der Waals surface area contributed by atoms with Gasteiger partial charge in [0.1, 0.15) is 0 Å². The highest BCUT2D eigenvalue weighted by Crippen LogP contribution is 2.37. The number of nitrogens with two attached hydrogens (primary N) is 1. The van der Waals surface area contributed by atoms with Crippen molar-refractivity contribution < 1.29 is 4.74 Å². The normalized spacial score (nSPS) is 25.4. The van der Waals surface area contributed by atoms with Crippen LogP contribution in [-0.2, 0) is 17.2 Å². The van der Waals surface area contributed by atoms with Crippen molar-refractivity contribution in [3.8, 4) is 0 Å². The van der Waals surface area contributed by atoms with Gasteiger partial charge in [-0.3, -0.25) is 4.68 Å². The molecule has 2 N–H and O–H groups in total. The topological polar surface area (TPSA) is 53.1 Å². The third-order valence-corrected chi connectivity index (χ3v) is 3.62. The molecule has 4 nitrogen and oxygen atoms in total. The van der Waals surface area contributed by atoms with Crippen LogP contribution in [0.5, 0.6) is 0 Å². The molecule has 2 heterocycles. The van der Waals surface area contributed by atoms with Gasteiger partial charge < -0.3 is 10.5 Å². The molecule has 4 heteroatoms. The molecule has 0 spiro atoms. The van der Waals surface area contributed by atoms with Gasteiger partial charge in [-0.15, -0.1) is 0 Å². The number of hydrogen-bond acceptors (Lipinski definition) is 3. The fraction of sp³-hybridized carbons (Fsp3) is 0.786. The molecule has 2 unspecified atom stereocenters. The minimum Gasteiger partial charge on any atom is -0.373 e. The van der Waals surface area contributed by atoms with Crippen LogP contribution in [0.15, 0.2) is 6.20 Å². The maximum atomic E-state index is 5.98. The van der Waals surface area contributed by atoms with E-state index in [-0.39, 0.29) is 11.5 Å². The molecule has 1 aliphatic heterocycles. The van der Waals surface area contributed by atoms with E-state index < -0.39 is 0 Å². The van der Waals surface area contributed by atoms with Crippen molar-refractivity contribution in [2.24, 2.45) is 18.7 Å². The quantitative estimate of drug-likeness (QED) is 0.876. The minimum absolute atomic E-state index is 0.0382. The van der Waals surface area contributed by atoms with Crippen LogP contribution < -0.4 is 5.73 Å². The summed E-state index contributed by atoms with van der Waals surface area (Å²) in [5, 5.41) is 4.62. The third-order valence-electron chi connectivity index (χ3n) is 3.62. The van der Waals surface area contributed by atoms with Crippen molar-refractivity contribution in [1.29, 1.82) is 0 Å². The van der Waals surface area contributed by atoms with E-state index in [0.29, 0.717) is 12.5 Å². The maximum Gasteiger partial charge on any atom is 0.0898 e. The highest BCUT2D eigenvalue weighted by Gasteiger charge is 2.33. The first-order chi connectivity index (χ1) is 8.43. The van der Waals surface area contributed by atoms with Crippen molar-refractivity contribution >= 4 is 0 Å². The fourth-order valence-corrected chi connectivity index (χ4v) is 2.73. The molecule has 2 rings (SSSR count). The van der Waals surface area contributed by atoms with Gasteiger partial charge in [0, 0.05) is 36.7 Å². The van der Waals surface area contributed by atoms with Gasteiger partial charge in [-0.05, 0) is 19.4 Å². The summed E-state index contributed by atoms with van der Waals surface area (Å²) in [7, 11) is 1.97. The van der Waals surface area contributed by atoms with Gasteiger partial charge in [-0.1, -0.05) is 20.8 Å². The Hall–Kier alpha value is -0.870. The monoisotopic (exact) mass is 251 g/mol. The van der Waals surface area contributed by atoms with Crippen molar-refractivity contribution in [3.63, 3.8) is 0 Å². The van der Waals surface area contributed by atoms with Gasteiger partial charge in [0.15, 0.2) is 0 Å². The van der Waals surface area contributed by atoms with Gasteiger partial charge in [0.05, 0.1) is 11.8 Å². The first kappa shape index (κ1) is 13.6. The molecule has 1 aromatic rings. The maximum absolute atomic E-state index is 5.98. The first-order valence-electron chi connectivity index (χ1n) is 6.79. The number of ether oxygens (including phenoxy) is 1. The molecule has 1 fully saturated rings. The van der Waals surface area contributed by atoms with E-state index in [1.54, 1.807) is 0 Å². The van der Waals surface area contributed by atoms with E-state index in [4.69, 9.17) is 10.5 Å². The van der Waals surface area contributed by atoms with Crippen molar-refractivity contribution in [1.82, 2.24) is 9.78 Å². The van der Waals surface area contributed by atoms with Crippen molar-refractivity contribution in [3.05, 3.63) is 17.5 Å². The van der Waals surface area contributed by atoms with Crippen LogP contribution in [0.3, 0.4) is 0 Å². The molecule has 102 valence electrons. The SMILES string of the molecule is Cn1cc(C2OCCCC2CN)c(C(C)(C)C)n1. The van der Waals surface area contributed by atoms with E-state index in [1.165, 1.54) is 5.56 Å². The first-order valence-corrected chi connectivity index (χ1v) is 6.79. The lowest BCUT2D eigenvalue weighted by Gasteiger charge is -2.32. The van der Waals surface area contributed by atoms with Crippen LogP contribution in [0.25, 0.3) is 0 Å². The Balaban J connectivity index is 2.37. The Bertz CT molecular complexity index is 406. The summed E-state index contributed by atoms with van der Waals surface area (Å²) < 4.78 is 7.87. The largest absolute Gasteiger partial charge is 0.373 e. The lowest BCUT2D eigenvalue weighted by molar-refractivity contribution is -0.0260. The zero-order valence-electron chi connectivity index (χ0n) is 11.9. The number of rotatable bonds is 2. The molecule has 0 aromatic carbocycles. The Morgan fingerprint density at radius 2 is 2.22 bits per heavy atom. The minimum atomic E-state index is 0.0382. The molecule has 0 saturated carbocycles. The second-order valence-corrected chi connectivity index (χ2v) is 6.29. The average molecular weight is 251 g/mol. The van der Waals surface area contributed by atoms with Crippen molar-refractivity contribution in [2.75, 3.05) is 13.2 Å². The molecule has 0 amide bonds. The summed E-state index contributed by atoms with van der Waals surface area (Å²) in [6.07, 6.45) is 4.48. The smallest absolute Gasteiger partial charge is 0.0898 e. The lowest BCUT2D eigenvalue weighted by atomic mass is 9.83. The Labute approximate surface area is 110 Å². The summed E-state index contributed by atoms with van der Waals surface area (Å²) in [4.78, 5) is 0. The average Bonchev–Trinajstić information content (AvgIpc) is 2.71. The molecule has 1 saturated heterocycles. The molecule has 18 heavy (non-hydrogen) atoms. The van der Waals surface area contributed by atoms with Crippen LogP contribution in [0.2, 0.25) is 0 Å². The lowest BCUT2D eigenvalue weighted by Crippen LogP contribution is -2.30. The third kappa shape index (κ3) is 2.59. The number of aryl methyl sites for hydroxylation is 1. The van der Waals surface area contributed by atoms with E-state index in [9.17, 15) is 0 Å². The van der Waals surface area contributed by atoms with E-state index in [0.717, 1.165) is 25.1 Å². The highest BCUT2D eigenvalue weighted by molar-refractivity contribution is 5.27. The van der Waals surface area contributed by atoms with Gasteiger partial charge in [-0.25, -0.2) is 0 Å². The summed E-state index contributed by atoms with van der Waals surface area (Å²) >= 11 is 0. The number of aromatic nitrogens is 2. The summed E-state index contributed by atoms with van der Waals surface area (Å²) in [6, 6.07) is 0.